The van der Waals surface area contributed by atoms with Crippen LogP contribution in [0.15, 0.2) is 18.2 Å². The van der Waals surface area contributed by atoms with Crippen molar-refractivity contribution in [1.29, 1.82) is 0 Å². The second-order valence-electron chi connectivity index (χ2n) is 5.78. The molecule has 0 saturated heterocycles. The van der Waals surface area contributed by atoms with E-state index in [0.29, 0.717) is 16.3 Å². The molecule has 0 aromatic heterocycles. The predicted molar refractivity (Wildman–Crippen MR) is 89.7 cm³/mol. The Bertz CT molecular complexity index is 577. The van der Waals surface area contributed by atoms with Gasteiger partial charge in [0, 0.05) is 23.7 Å². The molecule has 0 aliphatic heterocycles. The van der Waals surface area contributed by atoms with Crippen molar-refractivity contribution in [3.05, 3.63) is 28.8 Å². The maximum Gasteiger partial charge on any atom is 0.224 e. The fourth-order valence-electron chi connectivity index (χ4n) is 3.12. The van der Waals surface area contributed by atoms with E-state index < -0.39 is 0 Å². The summed E-state index contributed by atoms with van der Waals surface area (Å²) >= 11 is 6.17. The Morgan fingerprint density at radius 2 is 2.04 bits per heavy atom. The molecule has 1 aliphatic rings. The minimum Gasteiger partial charge on any atom is -0.496 e. The van der Waals surface area contributed by atoms with Gasteiger partial charge in [0.25, 0.3) is 0 Å². The molecule has 2 amide bonds. The topological polar surface area (TPSA) is 67.4 Å². The van der Waals surface area contributed by atoms with Gasteiger partial charge in [-0.3, -0.25) is 9.59 Å². The van der Waals surface area contributed by atoms with Crippen LogP contribution >= 0.6 is 11.6 Å². The van der Waals surface area contributed by atoms with Crippen molar-refractivity contribution >= 4 is 23.4 Å². The number of nitrogens with one attached hydrogen (secondary N) is 2. The lowest BCUT2D eigenvalue weighted by Crippen LogP contribution is -2.48. The van der Waals surface area contributed by atoms with Crippen molar-refractivity contribution < 1.29 is 14.3 Å². The molecular weight excluding hydrogens is 316 g/mol. The highest BCUT2D eigenvalue weighted by Crippen LogP contribution is 2.28. The summed E-state index contributed by atoms with van der Waals surface area (Å²) in [7, 11) is 3.18. The number of methoxy groups -OCH3 is 1. The Hall–Kier alpha value is -1.75. The summed E-state index contributed by atoms with van der Waals surface area (Å²) in [6.45, 7) is 0. The lowest BCUT2D eigenvalue weighted by molar-refractivity contribution is -0.127. The van der Waals surface area contributed by atoms with Crippen molar-refractivity contribution in [3.63, 3.8) is 0 Å². The first-order valence-corrected chi connectivity index (χ1v) is 8.27. The van der Waals surface area contributed by atoms with Crippen LogP contribution < -0.4 is 15.4 Å². The van der Waals surface area contributed by atoms with Crippen LogP contribution in [-0.2, 0) is 16.0 Å². The van der Waals surface area contributed by atoms with Crippen molar-refractivity contribution in [1.82, 2.24) is 10.6 Å². The minimum absolute atomic E-state index is 0.00896. The van der Waals surface area contributed by atoms with Crippen molar-refractivity contribution in [2.45, 2.75) is 38.1 Å². The number of rotatable bonds is 5. The largest absolute Gasteiger partial charge is 0.496 e. The molecule has 2 rings (SSSR count). The van der Waals surface area contributed by atoms with Gasteiger partial charge in [-0.2, -0.15) is 0 Å². The number of carbonyl (C=O) groups excluding carboxylic acids is 2. The first-order chi connectivity index (χ1) is 11.1. The van der Waals surface area contributed by atoms with Gasteiger partial charge < -0.3 is 15.4 Å². The lowest BCUT2D eigenvalue weighted by Gasteiger charge is -2.31. The average molecular weight is 339 g/mol. The summed E-state index contributed by atoms with van der Waals surface area (Å²) in [5, 5.41) is 6.19. The van der Waals surface area contributed by atoms with Crippen LogP contribution in [0.2, 0.25) is 5.02 Å². The van der Waals surface area contributed by atoms with Crippen molar-refractivity contribution in [3.8, 4) is 5.75 Å². The summed E-state index contributed by atoms with van der Waals surface area (Å²) in [6.07, 6.45) is 3.81. The standard InChI is InChI=1S/C17H23ClN2O3/c1-19-17(22)11-6-3-4-8-14(11)20-16(21)10-12-13(18)7-5-9-15(12)23-2/h5,7,9,11,14H,3-4,6,8,10H2,1-2H3,(H,19,22)(H,20,21)/t11-,14+/m1/s1. The molecule has 2 atom stereocenters. The summed E-state index contributed by atoms with van der Waals surface area (Å²) in [5.74, 6) is 0.285. The first kappa shape index (κ1) is 17.6. The molecule has 6 heteroatoms. The van der Waals surface area contributed by atoms with E-state index in [1.54, 1.807) is 32.4 Å². The Balaban J connectivity index is 2.05. The Labute approximate surface area is 141 Å². The fraction of sp³-hybridized carbons (Fsp3) is 0.529. The maximum atomic E-state index is 12.4. The minimum atomic E-state index is -0.161. The smallest absolute Gasteiger partial charge is 0.224 e. The summed E-state index contributed by atoms with van der Waals surface area (Å²) < 4.78 is 5.27. The molecule has 0 radical (unpaired) electrons. The second kappa shape index (κ2) is 8.20. The third-order valence-corrected chi connectivity index (χ3v) is 4.68. The third kappa shape index (κ3) is 4.38. The Kier molecular flexibility index (Phi) is 6.28. The van der Waals surface area contributed by atoms with E-state index in [0.717, 1.165) is 25.7 Å². The summed E-state index contributed by atoms with van der Waals surface area (Å²) in [6, 6.07) is 5.18. The van der Waals surface area contributed by atoms with Crippen LogP contribution in [0.3, 0.4) is 0 Å². The summed E-state index contributed by atoms with van der Waals surface area (Å²) in [4.78, 5) is 24.4. The predicted octanol–water partition coefficient (Wildman–Crippen LogP) is 2.31. The van der Waals surface area contributed by atoms with Gasteiger partial charge in [0.05, 0.1) is 19.4 Å². The van der Waals surface area contributed by atoms with E-state index in [9.17, 15) is 9.59 Å². The maximum absolute atomic E-state index is 12.4. The van der Waals surface area contributed by atoms with Crippen LogP contribution in [0.25, 0.3) is 0 Å². The number of carbonyl (C=O) groups is 2. The molecule has 1 saturated carbocycles. The Morgan fingerprint density at radius 3 is 2.74 bits per heavy atom. The molecule has 1 aromatic rings. The van der Waals surface area contributed by atoms with E-state index in [-0.39, 0.29) is 30.2 Å². The van der Waals surface area contributed by atoms with E-state index in [1.807, 2.05) is 0 Å². The van der Waals surface area contributed by atoms with Gasteiger partial charge in [0.15, 0.2) is 0 Å². The molecule has 1 aliphatic carbocycles. The number of halogens is 1. The molecular formula is C17H23ClN2O3. The molecule has 2 N–H and O–H groups in total. The van der Waals surface area contributed by atoms with E-state index in [1.165, 1.54) is 0 Å². The van der Waals surface area contributed by atoms with E-state index in [4.69, 9.17) is 16.3 Å². The monoisotopic (exact) mass is 338 g/mol. The highest BCUT2D eigenvalue weighted by atomic mass is 35.5. The van der Waals surface area contributed by atoms with Gasteiger partial charge in [-0.25, -0.2) is 0 Å². The molecule has 1 aromatic carbocycles. The van der Waals surface area contributed by atoms with Crippen molar-refractivity contribution in [2.75, 3.05) is 14.2 Å². The number of amides is 2. The van der Waals surface area contributed by atoms with Gasteiger partial charge in [-0.05, 0) is 25.0 Å². The number of ether oxygens (including phenoxy) is 1. The first-order valence-electron chi connectivity index (χ1n) is 7.89. The summed E-state index contributed by atoms with van der Waals surface area (Å²) in [5.41, 5.74) is 0.668. The molecule has 1 fully saturated rings. The fourth-order valence-corrected chi connectivity index (χ4v) is 3.36. The zero-order chi connectivity index (χ0) is 16.8. The zero-order valence-corrected chi connectivity index (χ0v) is 14.3. The van der Waals surface area contributed by atoms with Gasteiger partial charge in [0.2, 0.25) is 11.8 Å². The number of hydrogen-bond acceptors (Lipinski definition) is 3. The molecule has 0 unspecified atom stereocenters. The molecule has 0 heterocycles. The van der Waals surface area contributed by atoms with E-state index >= 15 is 0 Å². The molecule has 0 bridgehead atoms. The molecule has 126 valence electrons. The third-order valence-electron chi connectivity index (χ3n) is 4.33. The highest BCUT2D eigenvalue weighted by molar-refractivity contribution is 6.31. The van der Waals surface area contributed by atoms with E-state index in [2.05, 4.69) is 10.6 Å². The molecule has 5 nitrogen and oxygen atoms in total. The van der Waals surface area contributed by atoms with Crippen LogP contribution in [0.4, 0.5) is 0 Å². The van der Waals surface area contributed by atoms with Crippen LogP contribution in [0, 0.1) is 5.92 Å². The van der Waals surface area contributed by atoms with Gasteiger partial charge in [0.1, 0.15) is 5.75 Å². The number of hydrogen-bond donors (Lipinski definition) is 2. The van der Waals surface area contributed by atoms with Gasteiger partial charge in [-0.1, -0.05) is 30.5 Å². The molecule has 23 heavy (non-hydrogen) atoms. The highest BCUT2D eigenvalue weighted by Gasteiger charge is 2.31. The molecule has 0 spiro atoms. The van der Waals surface area contributed by atoms with Crippen LogP contribution in [0.5, 0.6) is 5.75 Å². The van der Waals surface area contributed by atoms with Crippen LogP contribution in [-0.4, -0.2) is 32.0 Å². The normalized spacial score (nSPS) is 20.7. The SMILES string of the molecule is CNC(=O)[C@@H]1CCCC[C@@H]1NC(=O)Cc1c(Cl)cccc1OC. The van der Waals surface area contributed by atoms with Crippen molar-refractivity contribution in [2.24, 2.45) is 5.92 Å². The second-order valence-corrected chi connectivity index (χ2v) is 6.18. The quantitative estimate of drug-likeness (QED) is 0.865. The van der Waals surface area contributed by atoms with Gasteiger partial charge >= 0.3 is 0 Å². The number of benzene rings is 1. The zero-order valence-electron chi connectivity index (χ0n) is 13.5. The lowest BCUT2D eigenvalue weighted by atomic mass is 9.83. The van der Waals surface area contributed by atoms with Crippen LogP contribution in [0.1, 0.15) is 31.2 Å². The average Bonchev–Trinajstić information content (AvgIpc) is 2.56. The Morgan fingerprint density at radius 1 is 1.30 bits per heavy atom. The van der Waals surface area contributed by atoms with Gasteiger partial charge in [-0.15, -0.1) is 0 Å².